The van der Waals surface area contributed by atoms with Gasteiger partial charge >= 0.3 is 0 Å². The molecule has 0 spiro atoms. The van der Waals surface area contributed by atoms with Gasteiger partial charge in [-0.1, -0.05) is 117 Å². The second-order valence-corrected chi connectivity index (χ2v) is 17.0. The van der Waals surface area contributed by atoms with E-state index < -0.39 is 0 Å². The lowest BCUT2D eigenvalue weighted by atomic mass is 9.63. The van der Waals surface area contributed by atoms with Crippen molar-refractivity contribution < 1.29 is 0 Å². The molecule has 0 radical (unpaired) electrons. The van der Waals surface area contributed by atoms with Gasteiger partial charge in [0.05, 0.1) is 0 Å². The average molecular weight is 545 g/mol. The van der Waals surface area contributed by atoms with E-state index in [1.165, 1.54) is 32.1 Å². The Morgan fingerprint density at radius 2 is 0.846 bits per heavy atom. The van der Waals surface area contributed by atoms with Crippen LogP contribution in [0.4, 0.5) is 0 Å². The van der Waals surface area contributed by atoms with Crippen LogP contribution in [0.15, 0.2) is 0 Å². The van der Waals surface area contributed by atoms with Gasteiger partial charge in [-0.15, -0.1) is 0 Å². The summed E-state index contributed by atoms with van der Waals surface area (Å²) in [4.78, 5) is 0. The van der Waals surface area contributed by atoms with Crippen LogP contribution in [-0.4, -0.2) is 0 Å². The van der Waals surface area contributed by atoms with Crippen LogP contribution in [-0.2, 0) is 0 Å². The fourth-order valence-corrected chi connectivity index (χ4v) is 9.89. The molecule has 232 valence electrons. The zero-order valence-corrected chi connectivity index (χ0v) is 29.9. The minimum atomic E-state index is 0.778. The quantitative estimate of drug-likeness (QED) is 0.204. The number of hydrogen-bond donors (Lipinski definition) is 0. The first-order valence-corrected chi connectivity index (χ1v) is 18.0. The molecular weight excluding hydrogens is 468 g/mol. The van der Waals surface area contributed by atoms with Crippen molar-refractivity contribution in [1.29, 1.82) is 0 Å². The molecule has 16 unspecified atom stereocenters. The molecule has 2 fully saturated rings. The monoisotopic (exact) mass is 545 g/mol. The summed E-state index contributed by atoms with van der Waals surface area (Å²) in [5, 5.41) is 0. The molecule has 2 saturated carbocycles. The van der Waals surface area contributed by atoms with E-state index >= 15 is 0 Å². The summed E-state index contributed by atoms with van der Waals surface area (Å²) >= 11 is 0. The molecule has 0 bridgehead atoms. The normalized spacial score (nSPS) is 35.8. The highest BCUT2D eigenvalue weighted by molar-refractivity contribution is 4.97. The van der Waals surface area contributed by atoms with Crippen LogP contribution < -0.4 is 0 Å². The molecule has 0 heterocycles. The van der Waals surface area contributed by atoms with Gasteiger partial charge in [0, 0.05) is 0 Å². The first-order valence-electron chi connectivity index (χ1n) is 18.0. The maximum atomic E-state index is 2.68. The van der Waals surface area contributed by atoms with E-state index in [0.29, 0.717) is 0 Å². The Kier molecular flexibility index (Phi) is 13.5. The van der Waals surface area contributed by atoms with E-state index in [4.69, 9.17) is 0 Å². The fraction of sp³-hybridized carbons (Fsp3) is 1.00. The first-order chi connectivity index (χ1) is 18.0. The second-order valence-electron chi connectivity index (χ2n) is 17.0. The molecule has 0 N–H and O–H groups in total. The predicted molar refractivity (Wildman–Crippen MR) is 177 cm³/mol. The van der Waals surface area contributed by atoms with E-state index in [0.717, 1.165) is 107 Å². The predicted octanol–water partition coefficient (Wildman–Crippen LogP) is 12.4. The molecule has 0 aromatic heterocycles. The van der Waals surface area contributed by atoms with E-state index in [1.54, 1.807) is 0 Å². The van der Waals surface area contributed by atoms with Crippen molar-refractivity contribution in [2.75, 3.05) is 0 Å². The second kappa shape index (κ2) is 14.9. The Hall–Kier alpha value is 0. The van der Waals surface area contributed by atoms with Gasteiger partial charge < -0.3 is 0 Å². The van der Waals surface area contributed by atoms with Gasteiger partial charge in [0.15, 0.2) is 0 Å². The highest BCUT2D eigenvalue weighted by Gasteiger charge is 2.48. The SMILES string of the molecule is CCC(C)C(C)C(C)C(C)C(C)C(C)C(C)C(C)C(C)C(C)C1CC(C(C)C)CC1C1CC(C(C)C)CC1C. The van der Waals surface area contributed by atoms with Gasteiger partial charge in [-0.05, 0) is 132 Å². The van der Waals surface area contributed by atoms with Gasteiger partial charge in [0.25, 0.3) is 0 Å². The smallest absolute Gasteiger partial charge is 0.0349 e. The lowest BCUT2D eigenvalue weighted by Crippen LogP contribution is -2.36. The van der Waals surface area contributed by atoms with Gasteiger partial charge in [-0.3, -0.25) is 0 Å². The Bertz CT molecular complexity index is 690. The summed E-state index contributed by atoms with van der Waals surface area (Å²) in [6, 6.07) is 0. The van der Waals surface area contributed by atoms with Crippen molar-refractivity contribution in [3.8, 4) is 0 Å². The molecule has 0 nitrogen and oxygen atoms in total. The molecular formula is C39H76. The third-order valence-electron chi connectivity index (χ3n) is 15.0. The fourth-order valence-electron chi connectivity index (χ4n) is 9.89. The van der Waals surface area contributed by atoms with Crippen LogP contribution >= 0.6 is 0 Å². The van der Waals surface area contributed by atoms with E-state index in [1.807, 2.05) is 0 Å². The van der Waals surface area contributed by atoms with E-state index in [-0.39, 0.29) is 0 Å². The lowest BCUT2D eigenvalue weighted by molar-refractivity contribution is 0.0598. The molecule has 0 saturated heterocycles. The molecule has 39 heavy (non-hydrogen) atoms. The van der Waals surface area contributed by atoms with E-state index in [2.05, 4.69) is 111 Å². The van der Waals surface area contributed by atoms with Crippen LogP contribution in [0.5, 0.6) is 0 Å². The molecule has 0 aromatic carbocycles. The maximum absolute atomic E-state index is 2.68. The van der Waals surface area contributed by atoms with Crippen LogP contribution in [0.3, 0.4) is 0 Å². The molecule has 0 amide bonds. The molecule has 2 aliphatic rings. The van der Waals surface area contributed by atoms with Crippen LogP contribution in [0, 0.1) is 107 Å². The molecule has 2 aliphatic carbocycles. The highest BCUT2D eigenvalue weighted by Crippen LogP contribution is 2.56. The Morgan fingerprint density at radius 1 is 0.462 bits per heavy atom. The number of hydrogen-bond acceptors (Lipinski definition) is 0. The van der Waals surface area contributed by atoms with Crippen molar-refractivity contribution in [3.05, 3.63) is 0 Å². The topological polar surface area (TPSA) is 0 Å². The molecule has 16 atom stereocenters. The molecule has 0 aromatic rings. The first kappa shape index (κ1) is 35.2. The molecule has 0 heteroatoms. The standard InChI is InChI=1S/C39H76/c1-17-24(6)26(8)27(9)28(10)29(11)30(12)31(13)32(14)33(15)34(16)38-20-36(23(4)5)21-39(38)37-19-35(22(2)3)18-25(37)7/h22-39H,17-21H2,1-16H3. The van der Waals surface area contributed by atoms with Gasteiger partial charge in [-0.25, -0.2) is 0 Å². The van der Waals surface area contributed by atoms with Crippen molar-refractivity contribution >= 4 is 0 Å². The van der Waals surface area contributed by atoms with Gasteiger partial charge in [0.2, 0.25) is 0 Å². The maximum Gasteiger partial charge on any atom is -0.0349 e. The minimum absolute atomic E-state index is 0.778. The Morgan fingerprint density at radius 3 is 1.26 bits per heavy atom. The van der Waals surface area contributed by atoms with Crippen molar-refractivity contribution in [2.24, 2.45) is 107 Å². The summed E-state index contributed by atoms with van der Waals surface area (Å²) < 4.78 is 0. The largest absolute Gasteiger partial charge is 0.0651 e. The van der Waals surface area contributed by atoms with Crippen LogP contribution in [0.25, 0.3) is 0 Å². The zero-order valence-electron chi connectivity index (χ0n) is 29.9. The van der Waals surface area contributed by atoms with Crippen molar-refractivity contribution in [3.63, 3.8) is 0 Å². The third kappa shape index (κ3) is 8.09. The lowest BCUT2D eigenvalue weighted by Gasteiger charge is -2.43. The minimum Gasteiger partial charge on any atom is -0.0651 e. The summed E-state index contributed by atoms with van der Waals surface area (Å²) in [6.45, 7) is 40.8. The summed E-state index contributed by atoms with van der Waals surface area (Å²) in [5.41, 5.74) is 0. The Balaban J connectivity index is 2.14. The summed E-state index contributed by atoms with van der Waals surface area (Å²) in [6.07, 6.45) is 7.32. The number of rotatable bonds is 14. The Labute approximate surface area is 249 Å². The highest BCUT2D eigenvalue weighted by atomic mass is 14.5. The van der Waals surface area contributed by atoms with Crippen molar-refractivity contribution in [1.82, 2.24) is 0 Å². The van der Waals surface area contributed by atoms with Crippen LogP contribution in [0.2, 0.25) is 0 Å². The molecule has 0 aliphatic heterocycles. The average Bonchev–Trinajstić information content (AvgIpc) is 3.52. The van der Waals surface area contributed by atoms with E-state index in [9.17, 15) is 0 Å². The van der Waals surface area contributed by atoms with Gasteiger partial charge in [-0.2, -0.15) is 0 Å². The zero-order chi connectivity index (χ0) is 29.9. The third-order valence-corrected chi connectivity index (χ3v) is 15.0. The summed E-state index contributed by atoms with van der Waals surface area (Å²) in [5.74, 6) is 15.4. The van der Waals surface area contributed by atoms with Crippen LogP contribution in [0.1, 0.15) is 143 Å². The van der Waals surface area contributed by atoms with Gasteiger partial charge in [0.1, 0.15) is 0 Å². The molecule has 2 rings (SSSR count). The summed E-state index contributed by atoms with van der Waals surface area (Å²) in [7, 11) is 0. The van der Waals surface area contributed by atoms with Crippen molar-refractivity contribution in [2.45, 2.75) is 143 Å².